The summed E-state index contributed by atoms with van der Waals surface area (Å²) < 4.78 is 28.1. The van der Waals surface area contributed by atoms with Crippen molar-refractivity contribution in [2.24, 2.45) is 5.92 Å². The number of carbonyl (C=O) groups excluding carboxylic acids is 1. The number of aliphatic hydroxyl groups excluding tert-OH is 1. The van der Waals surface area contributed by atoms with Crippen LogP contribution in [0.3, 0.4) is 0 Å². The van der Waals surface area contributed by atoms with Gasteiger partial charge in [0.2, 0.25) is 0 Å². The molecule has 1 amide bonds. The molecule has 1 fully saturated rings. The molecule has 0 unspecified atom stereocenters. The minimum absolute atomic E-state index is 0.000249. The summed E-state index contributed by atoms with van der Waals surface area (Å²) in [5.74, 6) is -2.85. The zero-order valence-electron chi connectivity index (χ0n) is 15.3. The third-order valence-corrected chi connectivity index (χ3v) is 5.40. The number of para-hydroxylation sites is 1. The maximum Gasteiger partial charge on any atom is 0.254 e. The van der Waals surface area contributed by atoms with Gasteiger partial charge in [0.15, 0.2) is 11.6 Å². The van der Waals surface area contributed by atoms with E-state index in [-0.39, 0.29) is 17.0 Å². The number of carbonyl (C=O) groups is 1. The van der Waals surface area contributed by atoms with Crippen molar-refractivity contribution in [2.75, 3.05) is 0 Å². The molecular formula is C22H20F2N2O2. The molecule has 1 aromatic heterocycles. The summed E-state index contributed by atoms with van der Waals surface area (Å²) in [5.41, 5.74) is 1.42. The molecule has 1 atom stereocenters. The first-order valence-corrected chi connectivity index (χ1v) is 9.22. The molecule has 0 saturated heterocycles. The average Bonchev–Trinajstić information content (AvgIpc) is 2.67. The first-order valence-electron chi connectivity index (χ1n) is 9.22. The number of nitrogens with zero attached hydrogens (tertiary/aromatic N) is 1. The van der Waals surface area contributed by atoms with Crippen LogP contribution in [0.1, 0.15) is 40.4 Å². The minimum atomic E-state index is -1.15. The third kappa shape index (κ3) is 3.36. The highest BCUT2D eigenvalue weighted by Gasteiger charge is 2.36. The summed E-state index contributed by atoms with van der Waals surface area (Å²) in [6, 6.07) is 11.8. The van der Waals surface area contributed by atoms with Gasteiger partial charge in [0.05, 0.1) is 23.2 Å². The van der Waals surface area contributed by atoms with Crippen LogP contribution in [0.5, 0.6) is 0 Å². The van der Waals surface area contributed by atoms with Crippen LogP contribution >= 0.6 is 0 Å². The van der Waals surface area contributed by atoms with E-state index in [9.17, 15) is 18.7 Å². The number of amides is 1. The van der Waals surface area contributed by atoms with Gasteiger partial charge in [0.1, 0.15) is 0 Å². The van der Waals surface area contributed by atoms with E-state index >= 15 is 0 Å². The Bertz CT molecular complexity index is 1050. The lowest BCUT2D eigenvalue weighted by atomic mass is 9.75. The highest BCUT2D eigenvalue weighted by molar-refractivity contribution is 5.95. The molecule has 4 rings (SSSR count). The summed E-state index contributed by atoms with van der Waals surface area (Å²) in [6.07, 6.45) is 2.33. The van der Waals surface area contributed by atoms with E-state index in [2.05, 4.69) is 10.3 Å². The molecular weight excluding hydrogens is 362 g/mol. The number of hydrogen-bond donors (Lipinski definition) is 2. The number of aromatic nitrogens is 1. The van der Waals surface area contributed by atoms with Crippen molar-refractivity contribution in [2.45, 2.75) is 31.9 Å². The van der Waals surface area contributed by atoms with Gasteiger partial charge in [0.25, 0.3) is 5.91 Å². The number of aryl methyl sites for hydroxylation is 1. The number of halogens is 2. The van der Waals surface area contributed by atoms with Crippen LogP contribution in [0.25, 0.3) is 10.9 Å². The predicted molar refractivity (Wildman–Crippen MR) is 102 cm³/mol. The molecule has 2 aromatic carbocycles. The number of nitrogens with one attached hydrogen (secondary N) is 1. The molecule has 0 radical (unpaired) electrons. The van der Waals surface area contributed by atoms with Crippen LogP contribution in [0.15, 0.2) is 48.7 Å². The van der Waals surface area contributed by atoms with Gasteiger partial charge < -0.3 is 10.4 Å². The standard InChI is InChI=1S/C22H20F2N2O2/c1-12-6-7-17(20(24)19(12)23)22(28)26-21(14-9-16(27)10-14)15-8-13-4-2-3-5-18(13)25-11-15/h2-8,11,14,16,21,27H,9-10H2,1H3,(H,26,28)/t14?,16?,21-/m1/s1. The van der Waals surface area contributed by atoms with Crippen LogP contribution in [-0.2, 0) is 0 Å². The predicted octanol–water partition coefficient (Wildman–Crippen LogP) is 4.06. The quantitative estimate of drug-likeness (QED) is 0.715. The van der Waals surface area contributed by atoms with E-state index in [1.54, 1.807) is 6.20 Å². The van der Waals surface area contributed by atoms with Gasteiger partial charge in [0, 0.05) is 11.6 Å². The van der Waals surface area contributed by atoms with Crippen LogP contribution in [0.4, 0.5) is 8.78 Å². The van der Waals surface area contributed by atoms with Crippen molar-refractivity contribution < 1.29 is 18.7 Å². The second kappa shape index (κ2) is 7.28. The summed E-state index contributed by atoms with van der Waals surface area (Å²) in [6.45, 7) is 1.44. The fourth-order valence-corrected chi connectivity index (χ4v) is 3.67. The maximum absolute atomic E-state index is 14.2. The lowest BCUT2D eigenvalue weighted by Crippen LogP contribution is -2.41. The molecule has 0 aliphatic heterocycles. The van der Waals surface area contributed by atoms with E-state index in [4.69, 9.17) is 0 Å². The first kappa shape index (κ1) is 18.5. The Hall–Kier alpha value is -2.86. The molecule has 0 spiro atoms. The lowest BCUT2D eigenvalue weighted by molar-refractivity contribution is 0.0234. The minimum Gasteiger partial charge on any atom is -0.393 e. The number of fused-ring (bicyclic) bond motifs is 1. The van der Waals surface area contributed by atoms with Crippen LogP contribution in [-0.4, -0.2) is 22.1 Å². The SMILES string of the molecule is Cc1ccc(C(=O)N[C@@H](c2cnc3ccccc3c2)C2CC(O)C2)c(F)c1F. The Labute approximate surface area is 161 Å². The largest absolute Gasteiger partial charge is 0.393 e. The zero-order valence-corrected chi connectivity index (χ0v) is 15.3. The summed E-state index contributed by atoms with van der Waals surface area (Å²) in [4.78, 5) is 17.1. The Morgan fingerprint density at radius 3 is 2.68 bits per heavy atom. The smallest absolute Gasteiger partial charge is 0.254 e. The molecule has 1 heterocycles. The second-order valence-corrected chi connectivity index (χ2v) is 7.36. The molecule has 144 valence electrons. The Balaban J connectivity index is 1.66. The average molecular weight is 382 g/mol. The second-order valence-electron chi connectivity index (χ2n) is 7.36. The van der Waals surface area contributed by atoms with Crippen LogP contribution in [0.2, 0.25) is 0 Å². The Morgan fingerprint density at radius 2 is 1.93 bits per heavy atom. The van der Waals surface area contributed by atoms with Crippen molar-refractivity contribution in [1.82, 2.24) is 10.3 Å². The lowest BCUT2D eigenvalue weighted by Gasteiger charge is -2.38. The topological polar surface area (TPSA) is 62.2 Å². The van der Waals surface area contributed by atoms with Crippen molar-refractivity contribution in [3.8, 4) is 0 Å². The number of rotatable bonds is 4. The van der Waals surface area contributed by atoms with Gasteiger partial charge in [-0.15, -0.1) is 0 Å². The zero-order chi connectivity index (χ0) is 19.8. The van der Waals surface area contributed by atoms with Crippen molar-refractivity contribution in [3.63, 3.8) is 0 Å². The molecule has 1 aliphatic rings. The first-order chi connectivity index (χ1) is 13.4. The Morgan fingerprint density at radius 1 is 1.18 bits per heavy atom. The van der Waals surface area contributed by atoms with Gasteiger partial charge >= 0.3 is 0 Å². The highest BCUT2D eigenvalue weighted by Crippen LogP contribution is 2.38. The van der Waals surface area contributed by atoms with E-state index in [1.165, 1.54) is 19.1 Å². The maximum atomic E-state index is 14.2. The number of aliphatic hydroxyl groups is 1. The number of hydrogen-bond acceptors (Lipinski definition) is 3. The monoisotopic (exact) mass is 382 g/mol. The highest BCUT2D eigenvalue weighted by atomic mass is 19.2. The van der Waals surface area contributed by atoms with Gasteiger partial charge in [-0.25, -0.2) is 8.78 Å². The summed E-state index contributed by atoms with van der Waals surface area (Å²) >= 11 is 0. The Kier molecular flexibility index (Phi) is 4.81. The fourth-order valence-electron chi connectivity index (χ4n) is 3.67. The van der Waals surface area contributed by atoms with E-state index in [1.807, 2.05) is 30.3 Å². The third-order valence-electron chi connectivity index (χ3n) is 5.40. The van der Waals surface area contributed by atoms with Crippen molar-refractivity contribution in [1.29, 1.82) is 0 Å². The number of pyridine rings is 1. The molecule has 2 N–H and O–H groups in total. The molecule has 1 saturated carbocycles. The van der Waals surface area contributed by atoms with Gasteiger partial charge in [-0.2, -0.15) is 0 Å². The molecule has 28 heavy (non-hydrogen) atoms. The van der Waals surface area contributed by atoms with Crippen molar-refractivity contribution >= 4 is 16.8 Å². The van der Waals surface area contributed by atoms with Crippen molar-refractivity contribution in [3.05, 3.63) is 77.0 Å². The molecule has 3 aromatic rings. The summed E-state index contributed by atoms with van der Waals surface area (Å²) in [5, 5.41) is 13.5. The van der Waals surface area contributed by atoms with E-state index in [0.29, 0.717) is 12.8 Å². The van der Waals surface area contributed by atoms with Gasteiger partial charge in [-0.1, -0.05) is 24.3 Å². The normalized spacial score (nSPS) is 19.9. The van der Waals surface area contributed by atoms with Gasteiger partial charge in [-0.05, 0) is 55.0 Å². The molecule has 6 heteroatoms. The molecule has 4 nitrogen and oxygen atoms in total. The van der Waals surface area contributed by atoms with Crippen LogP contribution in [0, 0.1) is 24.5 Å². The van der Waals surface area contributed by atoms with E-state index in [0.717, 1.165) is 16.5 Å². The fraction of sp³-hybridized carbons (Fsp3) is 0.273. The van der Waals surface area contributed by atoms with Crippen LogP contribution < -0.4 is 5.32 Å². The molecule has 0 bridgehead atoms. The van der Waals surface area contributed by atoms with E-state index < -0.39 is 29.7 Å². The number of benzene rings is 2. The summed E-state index contributed by atoms with van der Waals surface area (Å²) in [7, 11) is 0. The molecule has 1 aliphatic carbocycles. The van der Waals surface area contributed by atoms with Gasteiger partial charge in [-0.3, -0.25) is 9.78 Å².